The van der Waals surface area contributed by atoms with E-state index in [9.17, 15) is 9.59 Å². The zero-order valence-electron chi connectivity index (χ0n) is 11.4. The predicted octanol–water partition coefficient (Wildman–Crippen LogP) is 3.24. The Kier molecular flexibility index (Phi) is 3.54. The van der Waals surface area contributed by atoms with Crippen LogP contribution in [0.1, 0.15) is 57.9 Å². The molecule has 0 aromatic carbocycles. The van der Waals surface area contributed by atoms with Crippen LogP contribution in [0.2, 0.25) is 0 Å². The number of nitrogens with zero attached hydrogens (tertiary/aromatic N) is 1. The minimum Gasteiger partial charge on any atom is -0.477 e. The molecular formula is C15H19NO3S. The standard InChI is InChI=1S/C15H19NO3S/c17-13(11-3-4-12(20-11)14(18)19)16-9-7-15(8-10-16)5-1-2-6-15/h3-4H,1-2,5-10H2,(H,18,19). The molecule has 108 valence electrons. The summed E-state index contributed by atoms with van der Waals surface area (Å²) in [6, 6.07) is 3.15. The highest BCUT2D eigenvalue weighted by Crippen LogP contribution is 2.46. The number of carbonyl (C=O) groups is 2. The van der Waals surface area contributed by atoms with Gasteiger partial charge in [-0.2, -0.15) is 0 Å². The number of aromatic carboxylic acids is 1. The summed E-state index contributed by atoms with van der Waals surface area (Å²) in [6.45, 7) is 1.64. The van der Waals surface area contributed by atoms with Crippen LogP contribution in [0, 0.1) is 5.41 Å². The Morgan fingerprint density at radius 2 is 1.65 bits per heavy atom. The van der Waals surface area contributed by atoms with Crippen molar-refractivity contribution < 1.29 is 14.7 Å². The number of carboxylic acids is 1. The third-order valence-corrected chi connectivity index (χ3v) is 5.86. The topological polar surface area (TPSA) is 57.6 Å². The van der Waals surface area contributed by atoms with Crippen molar-refractivity contribution in [2.45, 2.75) is 38.5 Å². The normalized spacial score (nSPS) is 21.3. The Bertz CT molecular complexity index is 521. The second-order valence-electron chi connectivity index (χ2n) is 5.97. The Hall–Kier alpha value is -1.36. The molecule has 20 heavy (non-hydrogen) atoms. The van der Waals surface area contributed by atoms with Gasteiger partial charge in [-0.05, 0) is 43.2 Å². The van der Waals surface area contributed by atoms with Crippen molar-refractivity contribution in [2.24, 2.45) is 5.41 Å². The van der Waals surface area contributed by atoms with Crippen molar-refractivity contribution in [2.75, 3.05) is 13.1 Å². The van der Waals surface area contributed by atoms with Gasteiger partial charge in [-0.1, -0.05) is 12.8 Å². The lowest BCUT2D eigenvalue weighted by Crippen LogP contribution is -2.42. The summed E-state index contributed by atoms with van der Waals surface area (Å²) in [7, 11) is 0. The summed E-state index contributed by atoms with van der Waals surface area (Å²) in [5.41, 5.74) is 0.498. The van der Waals surface area contributed by atoms with E-state index < -0.39 is 5.97 Å². The molecule has 0 bridgehead atoms. The fraction of sp³-hybridized carbons (Fsp3) is 0.600. The SMILES string of the molecule is O=C(O)c1ccc(C(=O)N2CCC3(CCCC3)CC2)s1. The van der Waals surface area contributed by atoms with Gasteiger partial charge in [0.1, 0.15) is 4.88 Å². The Morgan fingerprint density at radius 1 is 1.05 bits per heavy atom. The Balaban J connectivity index is 1.65. The van der Waals surface area contributed by atoms with Crippen molar-refractivity contribution in [3.63, 3.8) is 0 Å². The van der Waals surface area contributed by atoms with Gasteiger partial charge in [-0.15, -0.1) is 11.3 Å². The third kappa shape index (κ3) is 2.46. The van der Waals surface area contributed by atoms with Crippen LogP contribution in [0.3, 0.4) is 0 Å². The highest BCUT2D eigenvalue weighted by molar-refractivity contribution is 7.15. The molecule has 1 aliphatic carbocycles. The van der Waals surface area contributed by atoms with E-state index in [1.54, 1.807) is 6.07 Å². The van der Waals surface area contributed by atoms with Crippen molar-refractivity contribution >= 4 is 23.2 Å². The molecule has 3 rings (SSSR count). The molecule has 1 aromatic rings. The summed E-state index contributed by atoms with van der Waals surface area (Å²) < 4.78 is 0. The Morgan fingerprint density at radius 3 is 2.20 bits per heavy atom. The molecule has 1 saturated heterocycles. The smallest absolute Gasteiger partial charge is 0.345 e. The fourth-order valence-electron chi connectivity index (χ4n) is 3.53. The average Bonchev–Trinajstić information content (AvgIpc) is 3.08. The van der Waals surface area contributed by atoms with Gasteiger partial charge < -0.3 is 10.0 Å². The number of likely N-dealkylation sites (tertiary alicyclic amines) is 1. The van der Waals surface area contributed by atoms with E-state index in [-0.39, 0.29) is 10.8 Å². The summed E-state index contributed by atoms with van der Waals surface area (Å²) in [6.07, 6.45) is 7.52. The summed E-state index contributed by atoms with van der Waals surface area (Å²) >= 11 is 1.08. The van der Waals surface area contributed by atoms with Crippen LogP contribution in [0.15, 0.2) is 12.1 Å². The van der Waals surface area contributed by atoms with Gasteiger partial charge >= 0.3 is 5.97 Å². The molecule has 1 aromatic heterocycles. The van der Waals surface area contributed by atoms with Crippen LogP contribution in [-0.2, 0) is 0 Å². The number of piperidine rings is 1. The lowest BCUT2D eigenvalue weighted by Gasteiger charge is -2.39. The molecule has 5 heteroatoms. The predicted molar refractivity (Wildman–Crippen MR) is 77.3 cm³/mol. The van der Waals surface area contributed by atoms with Gasteiger partial charge in [-0.25, -0.2) is 4.79 Å². The minimum absolute atomic E-state index is 0.00431. The van der Waals surface area contributed by atoms with E-state index in [1.165, 1.54) is 31.7 Å². The zero-order valence-corrected chi connectivity index (χ0v) is 12.2. The molecule has 2 heterocycles. The van der Waals surface area contributed by atoms with Crippen molar-refractivity contribution in [3.05, 3.63) is 21.9 Å². The van der Waals surface area contributed by atoms with Crippen LogP contribution >= 0.6 is 11.3 Å². The van der Waals surface area contributed by atoms with Gasteiger partial charge in [0.25, 0.3) is 5.91 Å². The van der Waals surface area contributed by atoms with Crippen LogP contribution in [0.4, 0.5) is 0 Å². The molecule has 1 aliphatic heterocycles. The van der Waals surface area contributed by atoms with Crippen LogP contribution in [0.25, 0.3) is 0 Å². The van der Waals surface area contributed by atoms with Gasteiger partial charge in [-0.3, -0.25) is 4.79 Å². The highest BCUT2D eigenvalue weighted by atomic mass is 32.1. The first kappa shape index (κ1) is 13.6. The van der Waals surface area contributed by atoms with E-state index in [4.69, 9.17) is 5.11 Å². The second-order valence-corrected chi connectivity index (χ2v) is 7.05. The number of carboxylic acid groups (broad SMARTS) is 1. The number of amides is 1. The molecule has 0 atom stereocenters. The molecule has 0 unspecified atom stereocenters. The quantitative estimate of drug-likeness (QED) is 0.910. The molecule has 2 aliphatic rings. The average molecular weight is 293 g/mol. The number of rotatable bonds is 2. The van der Waals surface area contributed by atoms with Gasteiger partial charge in [0.2, 0.25) is 0 Å². The first-order chi connectivity index (χ1) is 9.60. The van der Waals surface area contributed by atoms with Crippen LogP contribution in [0.5, 0.6) is 0 Å². The lowest BCUT2D eigenvalue weighted by molar-refractivity contribution is 0.0591. The van der Waals surface area contributed by atoms with E-state index in [2.05, 4.69) is 0 Å². The number of thiophene rings is 1. The summed E-state index contributed by atoms with van der Waals surface area (Å²) in [4.78, 5) is 25.9. The van der Waals surface area contributed by atoms with E-state index in [0.29, 0.717) is 10.3 Å². The van der Waals surface area contributed by atoms with Crippen LogP contribution < -0.4 is 0 Å². The van der Waals surface area contributed by atoms with Gasteiger partial charge in [0, 0.05) is 13.1 Å². The molecule has 1 N–H and O–H groups in total. The Labute approximate surface area is 122 Å². The molecule has 2 fully saturated rings. The maximum absolute atomic E-state index is 12.4. The largest absolute Gasteiger partial charge is 0.477 e. The third-order valence-electron chi connectivity index (χ3n) is 4.80. The molecule has 4 nitrogen and oxygen atoms in total. The first-order valence-electron chi connectivity index (χ1n) is 7.22. The second kappa shape index (κ2) is 5.20. The number of hydrogen-bond donors (Lipinski definition) is 1. The lowest BCUT2D eigenvalue weighted by atomic mass is 9.77. The molecular weight excluding hydrogens is 274 g/mol. The van der Waals surface area contributed by atoms with E-state index in [0.717, 1.165) is 37.3 Å². The molecule has 1 amide bonds. The number of carbonyl (C=O) groups excluding carboxylic acids is 1. The summed E-state index contributed by atoms with van der Waals surface area (Å²) in [5.74, 6) is -0.965. The minimum atomic E-state index is -0.961. The van der Waals surface area contributed by atoms with Gasteiger partial charge in [0.05, 0.1) is 4.88 Å². The van der Waals surface area contributed by atoms with Crippen molar-refractivity contribution in [3.8, 4) is 0 Å². The maximum atomic E-state index is 12.4. The molecule has 1 saturated carbocycles. The maximum Gasteiger partial charge on any atom is 0.345 e. The molecule has 1 spiro atoms. The fourth-order valence-corrected chi connectivity index (χ4v) is 4.35. The van der Waals surface area contributed by atoms with E-state index in [1.807, 2.05) is 4.90 Å². The number of hydrogen-bond acceptors (Lipinski definition) is 3. The van der Waals surface area contributed by atoms with Crippen molar-refractivity contribution in [1.29, 1.82) is 0 Å². The molecule has 0 radical (unpaired) electrons. The monoisotopic (exact) mass is 293 g/mol. The summed E-state index contributed by atoms with van der Waals surface area (Å²) in [5, 5.41) is 8.92. The zero-order chi connectivity index (χ0) is 14.2. The highest BCUT2D eigenvalue weighted by Gasteiger charge is 2.38. The van der Waals surface area contributed by atoms with E-state index >= 15 is 0 Å². The van der Waals surface area contributed by atoms with Crippen LogP contribution in [-0.4, -0.2) is 35.0 Å². The first-order valence-corrected chi connectivity index (χ1v) is 8.04. The van der Waals surface area contributed by atoms with Crippen molar-refractivity contribution in [1.82, 2.24) is 4.90 Å². The van der Waals surface area contributed by atoms with Gasteiger partial charge in [0.15, 0.2) is 0 Å².